The molecule has 2 heterocycles. The molecule has 4 fully saturated rings. The lowest BCUT2D eigenvalue weighted by molar-refractivity contribution is -0.271. The molecule has 0 aromatic heterocycles. The smallest absolute Gasteiger partial charge is 0.207 e. The minimum absolute atomic E-state index is 0.175. The molecular formula is C25H34O6. The van der Waals surface area contributed by atoms with Crippen molar-refractivity contribution in [3.63, 3.8) is 0 Å². The highest BCUT2D eigenvalue weighted by Gasteiger charge is 2.77. The van der Waals surface area contributed by atoms with Gasteiger partial charge >= 0.3 is 0 Å². The van der Waals surface area contributed by atoms with Gasteiger partial charge in [-0.15, -0.1) is 0 Å². The van der Waals surface area contributed by atoms with Crippen molar-refractivity contribution in [2.24, 2.45) is 28.6 Å². The van der Waals surface area contributed by atoms with Gasteiger partial charge in [0, 0.05) is 5.41 Å². The van der Waals surface area contributed by atoms with Gasteiger partial charge in [0.15, 0.2) is 17.5 Å². The third kappa shape index (κ3) is 2.15. The zero-order valence-corrected chi connectivity index (χ0v) is 18.9. The van der Waals surface area contributed by atoms with Crippen LogP contribution in [0.1, 0.15) is 59.8 Å². The highest BCUT2D eigenvalue weighted by Crippen LogP contribution is 2.67. The van der Waals surface area contributed by atoms with E-state index < -0.39 is 41.4 Å². The maximum Gasteiger partial charge on any atom is 0.207 e. The van der Waals surface area contributed by atoms with Crippen molar-refractivity contribution in [1.82, 2.24) is 0 Å². The Hall–Kier alpha value is -1.05. The van der Waals surface area contributed by atoms with Crippen LogP contribution < -0.4 is 0 Å². The van der Waals surface area contributed by atoms with E-state index in [1.165, 1.54) is 12.0 Å². The third-order valence-corrected chi connectivity index (χ3v) is 9.98. The van der Waals surface area contributed by atoms with Gasteiger partial charge in [-0.05, 0) is 54.9 Å². The third-order valence-electron chi connectivity index (χ3n) is 9.98. The fraction of sp³-hybridized carbons (Fsp3) is 0.800. The lowest BCUT2D eigenvalue weighted by Crippen LogP contribution is -2.75. The zero-order chi connectivity index (χ0) is 22.1. The lowest BCUT2D eigenvalue weighted by Gasteiger charge is -2.53. The van der Waals surface area contributed by atoms with E-state index in [0.29, 0.717) is 11.5 Å². The van der Waals surface area contributed by atoms with Crippen LogP contribution in [-0.4, -0.2) is 57.4 Å². The van der Waals surface area contributed by atoms with Crippen molar-refractivity contribution < 1.29 is 29.6 Å². The Morgan fingerprint density at radius 3 is 2.61 bits per heavy atom. The number of ketones is 1. The minimum Gasteiger partial charge on any atom is -0.385 e. The number of aliphatic hydroxyl groups is 3. The molecule has 3 N–H and O–H groups in total. The molecule has 9 atom stereocenters. The summed E-state index contributed by atoms with van der Waals surface area (Å²) in [5, 5.41) is 33.8. The highest BCUT2D eigenvalue weighted by molar-refractivity contribution is 5.99. The SMILES string of the molecule is CC(C)C1=C2[C@H]3CC=C4[C@@H]5[C@@H](O[C@@H]6OC[C@@](O)(C(=O)[C@@]65O)[C@@H]4O)[C@]3(C)CC[C@]2(C)CC1. The monoisotopic (exact) mass is 430 g/mol. The van der Waals surface area contributed by atoms with E-state index in [-0.39, 0.29) is 23.4 Å². The van der Waals surface area contributed by atoms with E-state index in [9.17, 15) is 20.1 Å². The van der Waals surface area contributed by atoms with Gasteiger partial charge in [0.25, 0.3) is 0 Å². The molecule has 2 saturated carbocycles. The maximum atomic E-state index is 13.2. The first kappa shape index (κ1) is 20.5. The van der Waals surface area contributed by atoms with Crippen LogP contribution in [0.2, 0.25) is 0 Å². The first-order valence-corrected chi connectivity index (χ1v) is 11.9. The average molecular weight is 431 g/mol. The fourth-order valence-corrected chi connectivity index (χ4v) is 8.18. The molecule has 6 heteroatoms. The molecular weight excluding hydrogens is 396 g/mol. The van der Waals surface area contributed by atoms with E-state index >= 15 is 0 Å². The lowest BCUT2D eigenvalue weighted by atomic mass is 9.52. The first-order chi connectivity index (χ1) is 14.5. The molecule has 2 aliphatic heterocycles. The van der Waals surface area contributed by atoms with Crippen molar-refractivity contribution in [2.75, 3.05) is 6.61 Å². The standard InChI is InChI=1S/C25H34O6/c1-12(2)13-7-8-22(3)9-10-23(4)15(16(13)22)6-5-14-17-19(23)31-21-25(17,29)20(27)24(28,11-30-21)18(14)26/h5,12,15,17-19,21,26,28-29H,6-11H2,1-4H3/t15-,17-,18-,19-,21+,22+,23-,24+,25-/m1/s1. The molecule has 0 spiro atoms. The van der Waals surface area contributed by atoms with Crippen molar-refractivity contribution in [1.29, 1.82) is 0 Å². The van der Waals surface area contributed by atoms with Crippen molar-refractivity contribution >= 4 is 5.78 Å². The summed E-state index contributed by atoms with van der Waals surface area (Å²) in [6, 6.07) is 0. The highest BCUT2D eigenvalue weighted by atomic mass is 16.7. The summed E-state index contributed by atoms with van der Waals surface area (Å²) in [5.74, 6) is -0.749. The Balaban J connectivity index is 1.56. The molecule has 6 rings (SSSR count). The zero-order valence-electron chi connectivity index (χ0n) is 18.9. The van der Waals surface area contributed by atoms with Crippen LogP contribution in [0.5, 0.6) is 0 Å². The molecule has 31 heavy (non-hydrogen) atoms. The van der Waals surface area contributed by atoms with Gasteiger partial charge in [0.2, 0.25) is 5.78 Å². The Morgan fingerprint density at radius 1 is 1.16 bits per heavy atom. The maximum absolute atomic E-state index is 13.2. The van der Waals surface area contributed by atoms with Crippen LogP contribution in [0.25, 0.3) is 0 Å². The number of allylic oxidation sites excluding steroid dienone is 3. The number of fused-ring (bicyclic) bond motifs is 5. The summed E-state index contributed by atoms with van der Waals surface area (Å²) in [5.41, 5.74) is -0.552. The average Bonchev–Trinajstić information content (AvgIpc) is 3.20. The largest absolute Gasteiger partial charge is 0.385 e. The van der Waals surface area contributed by atoms with Crippen molar-refractivity contribution in [3.05, 3.63) is 22.8 Å². The van der Waals surface area contributed by atoms with Gasteiger partial charge in [0.1, 0.15) is 6.10 Å². The summed E-state index contributed by atoms with van der Waals surface area (Å²) in [7, 11) is 0. The minimum atomic E-state index is -2.12. The Labute approximate surface area is 183 Å². The quantitative estimate of drug-likeness (QED) is 0.553. The molecule has 0 unspecified atom stereocenters. The second-order valence-electron chi connectivity index (χ2n) is 11.8. The number of carbonyl (C=O) groups excluding carboxylic acids is 1. The first-order valence-electron chi connectivity index (χ1n) is 11.9. The molecule has 0 radical (unpaired) electrons. The number of carbonyl (C=O) groups is 1. The van der Waals surface area contributed by atoms with Gasteiger partial charge in [-0.1, -0.05) is 44.9 Å². The number of hydrogen-bond donors (Lipinski definition) is 3. The normalized spacial score (nSPS) is 55.2. The summed E-state index contributed by atoms with van der Waals surface area (Å²) < 4.78 is 12.1. The number of hydrogen-bond acceptors (Lipinski definition) is 6. The summed E-state index contributed by atoms with van der Waals surface area (Å²) in [6.45, 7) is 8.80. The Morgan fingerprint density at radius 2 is 1.90 bits per heavy atom. The Bertz CT molecular complexity index is 936. The van der Waals surface area contributed by atoms with Crippen LogP contribution in [0.15, 0.2) is 22.8 Å². The Kier molecular flexibility index (Phi) is 3.91. The van der Waals surface area contributed by atoms with Gasteiger partial charge < -0.3 is 24.8 Å². The fourth-order valence-electron chi connectivity index (χ4n) is 8.18. The van der Waals surface area contributed by atoms with E-state index in [0.717, 1.165) is 25.7 Å². The van der Waals surface area contributed by atoms with Crippen LogP contribution in [0.4, 0.5) is 0 Å². The van der Waals surface area contributed by atoms with Crippen LogP contribution in [-0.2, 0) is 14.3 Å². The summed E-state index contributed by atoms with van der Waals surface area (Å²) in [4.78, 5) is 13.2. The predicted octanol–water partition coefficient (Wildman–Crippen LogP) is 2.26. The van der Waals surface area contributed by atoms with Crippen molar-refractivity contribution in [3.8, 4) is 0 Å². The van der Waals surface area contributed by atoms with Gasteiger partial charge in [-0.3, -0.25) is 4.79 Å². The molecule has 2 saturated heterocycles. The number of aliphatic hydroxyl groups excluding tert-OH is 1. The van der Waals surface area contributed by atoms with Crippen LogP contribution in [0.3, 0.4) is 0 Å². The predicted molar refractivity (Wildman–Crippen MR) is 112 cm³/mol. The van der Waals surface area contributed by atoms with E-state index in [4.69, 9.17) is 9.47 Å². The molecule has 2 bridgehead atoms. The van der Waals surface area contributed by atoms with Crippen LogP contribution >= 0.6 is 0 Å². The van der Waals surface area contributed by atoms with Crippen LogP contribution in [0, 0.1) is 28.6 Å². The topological polar surface area (TPSA) is 96.2 Å². The van der Waals surface area contributed by atoms with Gasteiger partial charge in [-0.2, -0.15) is 0 Å². The molecule has 0 aromatic rings. The summed E-state index contributed by atoms with van der Waals surface area (Å²) in [6.07, 6.45) is 4.08. The van der Waals surface area contributed by atoms with Gasteiger partial charge in [0.05, 0.1) is 18.6 Å². The van der Waals surface area contributed by atoms with Crippen molar-refractivity contribution in [2.45, 2.75) is 89.5 Å². The molecule has 6 aliphatic rings. The molecule has 4 aliphatic carbocycles. The number of rotatable bonds is 1. The molecule has 6 nitrogen and oxygen atoms in total. The molecule has 170 valence electrons. The van der Waals surface area contributed by atoms with E-state index in [2.05, 4.69) is 27.7 Å². The van der Waals surface area contributed by atoms with E-state index in [1.54, 1.807) is 5.57 Å². The molecule has 0 aromatic carbocycles. The second kappa shape index (κ2) is 5.89. The van der Waals surface area contributed by atoms with E-state index in [1.807, 2.05) is 6.08 Å². The second-order valence-corrected chi connectivity index (χ2v) is 11.8. The van der Waals surface area contributed by atoms with Gasteiger partial charge in [-0.25, -0.2) is 0 Å². The molecule has 0 amide bonds. The number of ether oxygens (including phenoxy) is 2. The summed E-state index contributed by atoms with van der Waals surface area (Å²) >= 11 is 0. The number of Topliss-reactive ketones (excluding diaryl/α,β-unsaturated/α-hetero) is 1.